The van der Waals surface area contributed by atoms with Crippen LogP contribution >= 0.6 is 24.0 Å². The first kappa shape index (κ1) is 17.6. The molecule has 0 atom stereocenters. The summed E-state index contributed by atoms with van der Waals surface area (Å²) in [6.07, 6.45) is 0. The van der Waals surface area contributed by atoms with Gasteiger partial charge in [0.2, 0.25) is 0 Å². The normalized spacial score (nSPS) is 10.5. The van der Waals surface area contributed by atoms with E-state index in [0.29, 0.717) is 23.8 Å². The predicted molar refractivity (Wildman–Crippen MR) is 88.2 cm³/mol. The van der Waals surface area contributed by atoms with Gasteiger partial charge < -0.3 is 20.9 Å². The molecule has 0 amide bonds. The SMILES string of the molecule is C=C(C)CNC(N)=NCc1cccc(OC)c1O.I. The van der Waals surface area contributed by atoms with Crippen molar-refractivity contribution < 1.29 is 9.84 Å². The van der Waals surface area contributed by atoms with Crippen molar-refractivity contribution in [3.05, 3.63) is 35.9 Å². The zero-order valence-electron chi connectivity index (χ0n) is 11.1. The number of hydrogen-bond acceptors (Lipinski definition) is 3. The second-order valence-corrected chi connectivity index (χ2v) is 3.98. The number of hydrogen-bond donors (Lipinski definition) is 3. The summed E-state index contributed by atoms with van der Waals surface area (Å²) >= 11 is 0. The molecule has 19 heavy (non-hydrogen) atoms. The molecule has 0 radical (unpaired) electrons. The molecule has 4 N–H and O–H groups in total. The first-order valence-corrected chi connectivity index (χ1v) is 5.57. The molecule has 0 unspecified atom stereocenters. The quantitative estimate of drug-likeness (QED) is 0.317. The Labute approximate surface area is 130 Å². The summed E-state index contributed by atoms with van der Waals surface area (Å²) in [6.45, 7) is 6.52. The smallest absolute Gasteiger partial charge is 0.189 e. The summed E-state index contributed by atoms with van der Waals surface area (Å²) in [6, 6.07) is 5.25. The molecule has 0 heterocycles. The molecule has 0 bridgehead atoms. The monoisotopic (exact) mass is 377 g/mol. The Hall–Kier alpha value is -1.44. The van der Waals surface area contributed by atoms with Crippen molar-refractivity contribution in [3.63, 3.8) is 0 Å². The lowest BCUT2D eigenvalue weighted by Gasteiger charge is -2.08. The van der Waals surface area contributed by atoms with E-state index in [-0.39, 0.29) is 36.3 Å². The number of phenolic OH excluding ortho intramolecular Hbond substituents is 1. The van der Waals surface area contributed by atoms with Crippen molar-refractivity contribution in [2.24, 2.45) is 10.7 Å². The number of phenols is 1. The molecule has 0 aliphatic heterocycles. The van der Waals surface area contributed by atoms with Crippen LogP contribution in [0.1, 0.15) is 12.5 Å². The van der Waals surface area contributed by atoms with Crippen molar-refractivity contribution >= 4 is 29.9 Å². The third-order valence-electron chi connectivity index (χ3n) is 2.29. The van der Waals surface area contributed by atoms with E-state index < -0.39 is 0 Å². The lowest BCUT2D eigenvalue weighted by molar-refractivity contribution is 0.370. The molecule has 6 heteroatoms. The molecule has 5 nitrogen and oxygen atoms in total. The third-order valence-corrected chi connectivity index (χ3v) is 2.29. The first-order chi connectivity index (χ1) is 8.54. The van der Waals surface area contributed by atoms with Crippen LogP contribution in [0.2, 0.25) is 0 Å². The van der Waals surface area contributed by atoms with Crippen molar-refractivity contribution in [2.75, 3.05) is 13.7 Å². The van der Waals surface area contributed by atoms with E-state index in [9.17, 15) is 5.11 Å². The number of methoxy groups -OCH3 is 1. The standard InChI is InChI=1S/C13H19N3O2.HI/c1-9(2)7-15-13(14)16-8-10-5-4-6-11(18-3)12(10)17;/h4-6,17H,1,7-8H2,2-3H3,(H3,14,15,16);1H. The topological polar surface area (TPSA) is 79.9 Å². The van der Waals surface area contributed by atoms with E-state index in [1.165, 1.54) is 7.11 Å². The Bertz CT molecular complexity index is 461. The van der Waals surface area contributed by atoms with Gasteiger partial charge in [-0.1, -0.05) is 24.3 Å². The van der Waals surface area contributed by atoms with Crippen LogP contribution in [-0.4, -0.2) is 24.7 Å². The molecule has 0 saturated carbocycles. The highest BCUT2D eigenvalue weighted by Crippen LogP contribution is 2.29. The van der Waals surface area contributed by atoms with Crippen LogP contribution in [0.3, 0.4) is 0 Å². The molecule has 0 aliphatic carbocycles. The van der Waals surface area contributed by atoms with Crippen molar-refractivity contribution in [1.29, 1.82) is 0 Å². The van der Waals surface area contributed by atoms with E-state index in [1.807, 2.05) is 6.92 Å². The number of nitrogens with two attached hydrogens (primary N) is 1. The van der Waals surface area contributed by atoms with Gasteiger partial charge in [0.05, 0.1) is 13.7 Å². The molecular weight excluding hydrogens is 357 g/mol. The van der Waals surface area contributed by atoms with E-state index in [4.69, 9.17) is 10.5 Å². The van der Waals surface area contributed by atoms with E-state index in [0.717, 1.165) is 5.57 Å². The number of benzene rings is 1. The number of nitrogens with zero attached hydrogens (tertiary/aromatic N) is 1. The highest BCUT2D eigenvalue weighted by molar-refractivity contribution is 14.0. The van der Waals surface area contributed by atoms with Crippen LogP contribution in [0.5, 0.6) is 11.5 Å². The van der Waals surface area contributed by atoms with Gasteiger partial charge in [0.1, 0.15) is 0 Å². The van der Waals surface area contributed by atoms with Gasteiger partial charge in [-0.15, -0.1) is 24.0 Å². The average Bonchev–Trinajstić information content (AvgIpc) is 2.35. The molecule has 1 aromatic carbocycles. The second kappa shape index (κ2) is 8.63. The van der Waals surface area contributed by atoms with Crippen molar-refractivity contribution in [3.8, 4) is 11.5 Å². The highest BCUT2D eigenvalue weighted by atomic mass is 127. The van der Waals surface area contributed by atoms with Gasteiger partial charge in [-0.25, -0.2) is 4.99 Å². The minimum Gasteiger partial charge on any atom is -0.504 e. The number of halogens is 1. The summed E-state index contributed by atoms with van der Waals surface area (Å²) in [5.74, 6) is 0.841. The highest BCUT2D eigenvalue weighted by Gasteiger charge is 2.06. The Balaban J connectivity index is 0.00000324. The molecule has 0 fully saturated rings. The van der Waals surface area contributed by atoms with Crippen LogP contribution in [0.15, 0.2) is 35.3 Å². The maximum Gasteiger partial charge on any atom is 0.189 e. The van der Waals surface area contributed by atoms with Gasteiger partial charge in [-0.2, -0.15) is 0 Å². The number of aliphatic imine (C=N–C) groups is 1. The number of rotatable bonds is 5. The van der Waals surface area contributed by atoms with Gasteiger partial charge in [-0.3, -0.25) is 0 Å². The van der Waals surface area contributed by atoms with Gasteiger partial charge in [0, 0.05) is 12.1 Å². The van der Waals surface area contributed by atoms with E-state index in [2.05, 4.69) is 16.9 Å². The molecule has 106 valence electrons. The summed E-state index contributed by atoms with van der Waals surface area (Å²) in [5.41, 5.74) is 7.31. The maximum atomic E-state index is 9.85. The summed E-state index contributed by atoms with van der Waals surface area (Å²) in [7, 11) is 1.50. The third kappa shape index (κ3) is 5.82. The average molecular weight is 377 g/mol. The number of ether oxygens (including phenoxy) is 1. The first-order valence-electron chi connectivity index (χ1n) is 5.57. The van der Waals surface area contributed by atoms with Crippen LogP contribution in [0.25, 0.3) is 0 Å². The Morgan fingerprint density at radius 1 is 1.53 bits per heavy atom. The molecule has 0 spiro atoms. The van der Waals surface area contributed by atoms with Crippen molar-refractivity contribution in [2.45, 2.75) is 13.5 Å². The number of aromatic hydroxyl groups is 1. The number of nitrogens with one attached hydrogen (secondary N) is 1. The van der Waals surface area contributed by atoms with Gasteiger partial charge in [0.25, 0.3) is 0 Å². The molecule has 1 aromatic rings. The fourth-order valence-electron chi connectivity index (χ4n) is 1.33. The molecule has 0 saturated heterocycles. The summed E-state index contributed by atoms with van der Waals surface area (Å²) in [4.78, 5) is 4.13. The minimum absolute atomic E-state index is 0. The van der Waals surface area contributed by atoms with Crippen LogP contribution < -0.4 is 15.8 Å². The fourth-order valence-corrected chi connectivity index (χ4v) is 1.33. The molecule has 1 rings (SSSR count). The zero-order chi connectivity index (χ0) is 13.5. The Morgan fingerprint density at radius 3 is 2.79 bits per heavy atom. The largest absolute Gasteiger partial charge is 0.504 e. The molecule has 0 aromatic heterocycles. The lowest BCUT2D eigenvalue weighted by Crippen LogP contribution is -2.32. The predicted octanol–water partition coefficient (Wildman–Crippen LogP) is 2.00. The van der Waals surface area contributed by atoms with E-state index in [1.54, 1.807) is 18.2 Å². The van der Waals surface area contributed by atoms with Crippen LogP contribution in [-0.2, 0) is 6.54 Å². The zero-order valence-corrected chi connectivity index (χ0v) is 13.5. The van der Waals surface area contributed by atoms with Crippen LogP contribution in [0.4, 0.5) is 0 Å². The lowest BCUT2D eigenvalue weighted by atomic mass is 10.2. The summed E-state index contributed by atoms with van der Waals surface area (Å²) in [5, 5.41) is 12.8. The summed E-state index contributed by atoms with van der Waals surface area (Å²) < 4.78 is 5.01. The number of para-hydroxylation sites is 1. The number of guanidine groups is 1. The second-order valence-electron chi connectivity index (χ2n) is 3.98. The van der Waals surface area contributed by atoms with Crippen LogP contribution in [0, 0.1) is 0 Å². The maximum absolute atomic E-state index is 9.85. The Morgan fingerprint density at radius 2 is 2.21 bits per heavy atom. The van der Waals surface area contributed by atoms with Gasteiger partial charge in [0.15, 0.2) is 17.5 Å². The van der Waals surface area contributed by atoms with Gasteiger partial charge >= 0.3 is 0 Å². The molecular formula is C13H20IN3O2. The minimum atomic E-state index is 0. The van der Waals surface area contributed by atoms with E-state index >= 15 is 0 Å². The molecule has 0 aliphatic rings. The van der Waals surface area contributed by atoms with Gasteiger partial charge in [-0.05, 0) is 13.0 Å². The fraction of sp³-hybridized carbons (Fsp3) is 0.308. The van der Waals surface area contributed by atoms with Crippen molar-refractivity contribution in [1.82, 2.24) is 5.32 Å². The Kier molecular flexibility index (Phi) is 7.97.